The van der Waals surface area contributed by atoms with E-state index in [1.54, 1.807) is 6.33 Å². The zero-order valence-corrected chi connectivity index (χ0v) is 10.4. The van der Waals surface area contributed by atoms with Gasteiger partial charge in [0, 0.05) is 13.1 Å². The predicted molar refractivity (Wildman–Crippen MR) is 64.4 cm³/mol. The van der Waals surface area contributed by atoms with Crippen LogP contribution in [0.1, 0.15) is 18.9 Å². The Bertz CT molecular complexity index is 372. The number of ether oxygens (including phenoxy) is 1. The van der Waals surface area contributed by atoms with E-state index in [1.165, 1.54) is 0 Å². The fourth-order valence-corrected chi connectivity index (χ4v) is 2.20. The van der Waals surface area contributed by atoms with Crippen molar-refractivity contribution >= 4 is 17.4 Å². The Hall–Kier alpha value is -1.03. The van der Waals surface area contributed by atoms with Gasteiger partial charge in [0.15, 0.2) is 0 Å². The summed E-state index contributed by atoms with van der Waals surface area (Å²) in [5.41, 5.74) is 0.995. The Morgan fingerprint density at radius 2 is 2.38 bits per heavy atom. The average Bonchev–Trinajstić information content (AvgIpc) is 2.68. The maximum atomic E-state index is 6.09. The Balaban J connectivity index is 2.23. The molecule has 2 rings (SSSR count). The number of halogens is 1. The van der Waals surface area contributed by atoms with Crippen LogP contribution in [0, 0.1) is 6.92 Å². The lowest BCUT2D eigenvalue weighted by Crippen LogP contribution is -2.22. The highest BCUT2D eigenvalue weighted by molar-refractivity contribution is 6.21. The molecule has 0 spiro atoms. The third-order valence-corrected chi connectivity index (χ3v) is 3.08. The number of hydrogen-bond acceptors (Lipinski definition) is 4. The summed E-state index contributed by atoms with van der Waals surface area (Å²) < 4.78 is 5.45. The van der Waals surface area contributed by atoms with Crippen molar-refractivity contribution < 1.29 is 4.74 Å². The maximum Gasteiger partial charge on any atom is 0.221 e. The van der Waals surface area contributed by atoms with E-state index in [0.717, 1.165) is 30.9 Å². The first-order valence-corrected chi connectivity index (χ1v) is 5.99. The minimum Gasteiger partial charge on any atom is -0.478 e. The number of aromatic nitrogens is 2. The lowest BCUT2D eigenvalue weighted by Gasteiger charge is -2.19. The fourth-order valence-electron chi connectivity index (χ4n) is 1.94. The number of anilines is 1. The number of nitrogens with zero attached hydrogens (tertiary/aromatic N) is 3. The van der Waals surface area contributed by atoms with Gasteiger partial charge in [-0.15, -0.1) is 11.6 Å². The van der Waals surface area contributed by atoms with Crippen molar-refractivity contribution in [1.29, 1.82) is 0 Å². The van der Waals surface area contributed by atoms with Gasteiger partial charge in [-0.3, -0.25) is 0 Å². The summed E-state index contributed by atoms with van der Waals surface area (Å²) in [6, 6.07) is 0. The topological polar surface area (TPSA) is 38.3 Å². The van der Waals surface area contributed by atoms with Gasteiger partial charge in [-0.05, 0) is 20.3 Å². The first-order valence-electron chi connectivity index (χ1n) is 5.55. The monoisotopic (exact) mass is 241 g/mol. The Morgan fingerprint density at radius 1 is 1.56 bits per heavy atom. The van der Waals surface area contributed by atoms with Crippen LogP contribution in [0.5, 0.6) is 5.88 Å². The second-order valence-electron chi connectivity index (χ2n) is 3.89. The summed E-state index contributed by atoms with van der Waals surface area (Å²) in [6.07, 6.45) is 2.56. The average molecular weight is 242 g/mol. The van der Waals surface area contributed by atoms with Crippen molar-refractivity contribution in [1.82, 2.24) is 9.97 Å². The normalized spacial score (nSPS) is 20.2. The largest absolute Gasteiger partial charge is 0.478 e. The Kier molecular flexibility index (Phi) is 3.49. The zero-order valence-electron chi connectivity index (χ0n) is 9.61. The minimum atomic E-state index is 0.227. The van der Waals surface area contributed by atoms with Crippen molar-refractivity contribution in [2.45, 2.75) is 25.6 Å². The van der Waals surface area contributed by atoms with Gasteiger partial charge in [-0.1, -0.05) is 0 Å². The van der Waals surface area contributed by atoms with Gasteiger partial charge in [-0.2, -0.15) is 0 Å². The molecule has 4 nitrogen and oxygen atoms in total. The molecule has 88 valence electrons. The molecule has 16 heavy (non-hydrogen) atoms. The van der Waals surface area contributed by atoms with E-state index >= 15 is 0 Å². The molecule has 1 aromatic rings. The molecule has 0 bridgehead atoms. The molecule has 1 saturated heterocycles. The molecule has 0 radical (unpaired) electrons. The van der Waals surface area contributed by atoms with E-state index < -0.39 is 0 Å². The number of hydrogen-bond donors (Lipinski definition) is 0. The van der Waals surface area contributed by atoms with E-state index in [9.17, 15) is 0 Å². The van der Waals surface area contributed by atoms with Crippen LogP contribution >= 0.6 is 11.6 Å². The molecule has 1 aromatic heterocycles. The summed E-state index contributed by atoms with van der Waals surface area (Å²) in [4.78, 5) is 10.6. The standard InChI is InChI=1S/C11H16ClN3O/c1-3-16-11-8(2)10(13-7-14-11)15-5-4-9(12)6-15/h7,9H,3-6H2,1-2H3. The van der Waals surface area contributed by atoms with Crippen LogP contribution < -0.4 is 9.64 Å². The van der Waals surface area contributed by atoms with Crippen molar-refractivity contribution in [3.8, 4) is 5.88 Å². The molecule has 2 heterocycles. The molecule has 5 heteroatoms. The first-order chi connectivity index (χ1) is 7.72. The lowest BCUT2D eigenvalue weighted by atomic mass is 10.3. The molecule has 0 saturated carbocycles. The third kappa shape index (κ3) is 2.21. The molecule has 1 aliphatic rings. The summed E-state index contributed by atoms with van der Waals surface area (Å²) in [5, 5.41) is 0.227. The predicted octanol–water partition coefficient (Wildman–Crippen LogP) is 2.00. The van der Waals surface area contributed by atoms with E-state index in [0.29, 0.717) is 12.5 Å². The molecular formula is C11H16ClN3O. The van der Waals surface area contributed by atoms with Crippen LogP contribution in [-0.4, -0.2) is 35.0 Å². The van der Waals surface area contributed by atoms with Crippen LogP contribution in [0.4, 0.5) is 5.82 Å². The van der Waals surface area contributed by atoms with Gasteiger partial charge >= 0.3 is 0 Å². The van der Waals surface area contributed by atoms with Gasteiger partial charge in [-0.25, -0.2) is 9.97 Å². The molecule has 1 atom stereocenters. The van der Waals surface area contributed by atoms with Gasteiger partial charge in [0.2, 0.25) is 5.88 Å². The van der Waals surface area contributed by atoms with Crippen LogP contribution in [0.3, 0.4) is 0 Å². The van der Waals surface area contributed by atoms with E-state index in [1.807, 2.05) is 13.8 Å². The zero-order chi connectivity index (χ0) is 11.5. The second-order valence-corrected chi connectivity index (χ2v) is 4.51. The van der Waals surface area contributed by atoms with Crippen molar-refractivity contribution in [3.63, 3.8) is 0 Å². The highest BCUT2D eigenvalue weighted by atomic mass is 35.5. The van der Waals surface area contributed by atoms with Crippen molar-refractivity contribution in [2.75, 3.05) is 24.6 Å². The fraction of sp³-hybridized carbons (Fsp3) is 0.636. The van der Waals surface area contributed by atoms with Crippen LogP contribution in [0.15, 0.2) is 6.33 Å². The quantitative estimate of drug-likeness (QED) is 0.759. The second kappa shape index (κ2) is 4.87. The molecule has 1 unspecified atom stereocenters. The summed E-state index contributed by atoms with van der Waals surface area (Å²) in [7, 11) is 0. The molecule has 0 aliphatic carbocycles. The summed E-state index contributed by atoms with van der Waals surface area (Å²) >= 11 is 6.09. The Labute approximate surface area is 101 Å². The first kappa shape index (κ1) is 11.5. The Morgan fingerprint density at radius 3 is 3.00 bits per heavy atom. The summed E-state index contributed by atoms with van der Waals surface area (Å²) in [5.74, 6) is 1.62. The van der Waals surface area contributed by atoms with E-state index in [-0.39, 0.29) is 5.38 Å². The molecule has 1 fully saturated rings. The van der Waals surface area contributed by atoms with Crippen molar-refractivity contribution in [3.05, 3.63) is 11.9 Å². The lowest BCUT2D eigenvalue weighted by molar-refractivity contribution is 0.323. The SMILES string of the molecule is CCOc1ncnc(N2CCC(Cl)C2)c1C. The van der Waals surface area contributed by atoms with Gasteiger partial charge in [0.1, 0.15) is 12.1 Å². The van der Waals surface area contributed by atoms with E-state index in [4.69, 9.17) is 16.3 Å². The highest BCUT2D eigenvalue weighted by Crippen LogP contribution is 2.27. The molecular weight excluding hydrogens is 226 g/mol. The van der Waals surface area contributed by atoms with Crippen LogP contribution in [0.2, 0.25) is 0 Å². The molecule has 0 aromatic carbocycles. The minimum absolute atomic E-state index is 0.227. The maximum absolute atomic E-state index is 6.09. The summed E-state index contributed by atoms with van der Waals surface area (Å²) in [6.45, 7) is 6.37. The molecule has 0 N–H and O–H groups in total. The third-order valence-electron chi connectivity index (χ3n) is 2.72. The van der Waals surface area contributed by atoms with Crippen LogP contribution in [-0.2, 0) is 0 Å². The molecule has 1 aliphatic heterocycles. The van der Waals surface area contributed by atoms with Crippen LogP contribution in [0.25, 0.3) is 0 Å². The van der Waals surface area contributed by atoms with Gasteiger partial charge in [0.05, 0.1) is 17.5 Å². The number of rotatable bonds is 3. The van der Waals surface area contributed by atoms with E-state index in [2.05, 4.69) is 14.9 Å². The van der Waals surface area contributed by atoms with Gasteiger partial charge < -0.3 is 9.64 Å². The molecule has 0 amide bonds. The highest BCUT2D eigenvalue weighted by Gasteiger charge is 2.23. The van der Waals surface area contributed by atoms with Gasteiger partial charge in [0.25, 0.3) is 0 Å². The van der Waals surface area contributed by atoms with Crippen molar-refractivity contribution in [2.24, 2.45) is 0 Å². The number of alkyl halides is 1. The smallest absolute Gasteiger partial charge is 0.221 e.